The summed E-state index contributed by atoms with van der Waals surface area (Å²) < 4.78 is 0. The minimum atomic E-state index is -0.424. The van der Waals surface area contributed by atoms with Crippen LogP contribution in [0.15, 0.2) is 243 Å². The van der Waals surface area contributed by atoms with Crippen LogP contribution in [0.2, 0.25) is 0 Å². The summed E-state index contributed by atoms with van der Waals surface area (Å²) in [5, 5.41) is 15.3. The first-order valence-corrected chi connectivity index (χ1v) is 23.5. The summed E-state index contributed by atoms with van der Waals surface area (Å²) >= 11 is 0. The van der Waals surface area contributed by atoms with Gasteiger partial charge in [-0.3, -0.25) is 0 Å². The Balaban J connectivity index is 0.896. The summed E-state index contributed by atoms with van der Waals surface area (Å²) in [4.78, 5) is 0. The molecular formula is C67H40. The number of hydrogen-bond acceptors (Lipinski definition) is 0. The minimum absolute atomic E-state index is 0.424. The highest BCUT2D eigenvalue weighted by Gasteiger charge is 2.52. The van der Waals surface area contributed by atoms with Crippen LogP contribution in [-0.4, -0.2) is 0 Å². The van der Waals surface area contributed by atoms with Gasteiger partial charge in [0.2, 0.25) is 0 Å². The lowest BCUT2D eigenvalue weighted by molar-refractivity contribution is 0.802. The van der Waals surface area contributed by atoms with Gasteiger partial charge in [-0.1, -0.05) is 218 Å². The first-order valence-electron chi connectivity index (χ1n) is 23.5. The van der Waals surface area contributed by atoms with Crippen molar-refractivity contribution < 1.29 is 0 Å². The van der Waals surface area contributed by atoms with Crippen molar-refractivity contribution in [3.63, 3.8) is 0 Å². The van der Waals surface area contributed by atoms with Crippen LogP contribution >= 0.6 is 0 Å². The minimum Gasteiger partial charge on any atom is -0.0619 e. The van der Waals surface area contributed by atoms with Gasteiger partial charge in [0.25, 0.3) is 0 Å². The molecule has 13 aromatic carbocycles. The second-order valence-corrected chi connectivity index (χ2v) is 18.6. The normalized spacial score (nSPS) is 13.2. The van der Waals surface area contributed by atoms with Gasteiger partial charge < -0.3 is 0 Å². The third-order valence-corrected chi connectivity index (χ3v) is 15.4. The largest absolute Gasteiger partial charge is 0.0731 e. The van der Waals surface area contributed by atoms with Gasteiger partial charge in [-0.15, -0.1) is 0 Å². The van der Waals surface area contributed by atoms with Crippen LogP contribution in [0.1, 0.15) is 22.3 Å². The zero-order valence-electron chi connectivity index (χ0n) is 36.6. The maximum Gasteiger partial charge on any atom is 0.0731 e. The summed E-state index contributed by atoms with van der Waals surface area (Å²) in [7, 11) is 0. The fourth-order valence-corrected chi connectivity index (χ4v) is 12.7. The molecule has 1 spiro atoms. The molecule has 0 unspecified atom stereocenters. The average molecular weight is 845 g/mol. The van der Waals surface area contributed by atoms with Gasteiger partial charge in [-0.2, -0.15) is 0 Å². The number of benzene rings is 13. The van der Waals surface area contributed by atoms with Crippen molar-refractivity contribution in [1.29, 1.82) is 0 Å². The lowest BCUT2D eigenvalue weighted by Gasteiger charge is -2.31. The first-order chi connectivity index (χ1) is 33.2. The Morgan fingerprint density at radius 1 is 0.209 bits per heavy atom. The quantitative estimate of drug-likeness (QED) is 0.123. The van der Waals surface area contributed by atoms with Crippen molar-refractivity contribution in [2.24, 2.45) is 0 Å². The fraction of sp³-hybridized carbons (Fsp3) is 0.0149. The molecule has 0 amide bonds. The molecule has 0 bridgehead atoms. The van der Waals surface area contributed by atoms with Gasteiger partial charge in [-0.25, -0.2) is 0 Å². The zero-order chi connectivity index (χ0) is 43.8. The molecule has 0 fully saturated rings. The maximum atomic E-state index is 2.48. The highest BCUT2D eigenvalue weighted by atomic mass is 14.5. The monoisotopic (exact) mass is 844 g/mol. The number of fused-ring (bicyclic) bond motifs is 18. The third kappa shape index (κ3) is 4.97. The smallest absolute Gasteiger partial charge is 0.0619 e. The molecule has 2 aliphatic rings. The molecule has 0 saturated carbocycles. The van der Waals surface area contributed by atoms with Gasteiger partial charge in [0.15, 0.2) is 0 Å². The van der Waals surface area contributed by atoms with Gasteiger partial charge in [-0.05, 0) is 167 Å². The highest BCUT2D eigenvalue weighted by Crippen LogP contribution is 2.64. The summed E-state index contributed by atoms with van der Waals surface area (Å²) in [6, 6.07) is 91.4. The maximum absolute atomic E-state index is 2.48. The molecule has 67 heavy (non-hydrogen) atoms. The van der Waals surface area contributed by atoms with Crippen LogP contribution in [0.4, 0.5) is 0 Å². The standard InChI is InChI=1S/C67H40/c1-2-16-44-40-63-59(38-43(44)15-1)58-36-34-47-37-45(33-35-49(47)66(58)67(63)61-27-13-11-21-52(61)53-22-12-14-28-62(53)67)41-29-31-42(32-30-41)64-54-23-7-9-25-56(54)65(57-26-10-8-24-55(57)64)60-39-46-17-3-4-18-48(46)50-19-5-6-20-51(50)60/h1-40H. The van der Waals surface area contributed by atoms with E-state index in [2.05, 4.69) is 243 Å². The van der Waals surface area contributed by atoms with Gasteiger partial charge in [0.05, 0.1) is 5.41 Å². The lowest BCUT2D eigenvalue weighted by atomic mass is 9.69. The van der Waals surface area contributed by atoms with Crippen LogP contribution in [0.25, 0.3) is 120 Å². The topological polar surface area (TPSA) is 0 Å². The van der Waals surface area contributed by atoms with E-state index in [1.54, 1.807) is 0 Å². The van der Waals surface area contributed by atoms with E-state index in [0.717, 1.165) is 0 Å². The van der Waals surface area contributed by atoms with Gasteiger partial charge in [0, 0.05) is 0 Å². The number of rotatable bonds is 3. The Morgan fingerprint density at radius 2 is 0.687 bits per heavy atom. The Morgan fingerprint density at radius 3 is 1.36 bits per heavy atom. The van der Waals surface area contributed by atoms with Gasteiger partial charge >= 0.3 is 0 Å². The fourth-order valence-electron chi connectivity index (χ4n) is 12.7. The third-order valence-electron chi connectivity index (χ3n) is 15.4. The van der Waals surface area contributed by atoms with Crippen LogP contribution in [0.5, 0.6) is 0 Å². The predicted octanol–water partition coefficient (Wildman–Crippen LogP) is 18.0. The van der Waals surface area contributed by atoms with E-state index in [9.17, 15) is 0 Å². The Bertz CT molecular complexity index is 4160. The highest BCUT2D eigenvalue weighted by molar-refractivity contribution is 6.26. The van der Waals surface area contributed by atoms with E-state index in [0.29, 0.717) is 0 Å². The average Bonchev–Trinajstić information content (AvgIpc) is 3.86. The van der Waals surface area contributed by atoms with Crippen molar-refractivity contribution in [3.05, 3.63) is 265 Å². The molecule has 0 N–H and O–H groups in total. The van der Waals surface area contributed by atoms with E-state index in [4.69, 9.17) is 0 Å². The van der Waals surface area contributed by atoms with Crippen molar-refractivity contribution in [3.8, 4) is 55.6 Å². The second-order valence-electron chi connectivity index (χ2n) is 18.6. The van der Waals surface area contributed by atoms with E-state index in [1.807, 2.05) is 0 Å². The van der Waals surface area contributed by atoms with E-state index >= 15 is 0 Å². The molecule has 0 heterocycles. The van der Waals surface area contributed by atoms with Crippen LogP contribution in [0, 0.1) is 0 Å². The Kier molecular flexibility index (Phi) is 7.52. The Labute approximate surface area is 388 Å². The molecule has 0 aromatic heterocycles. The summed E-state index contributed by atoms with van der Waals surface area (Å²) in [5.74, 6) is 0. The molecule has 0 atom stereocenters. The second kappa shape index (κ2) is 13.7. The van der Waals surface area contributed by atoms with E-state index in [1.165, 1.54) is 143 Å². The van der Waals surface area contributed by atoms with Crippen LogP contribution in [0.3, 0.4) is 0 Å². The molecule has 0 aliphatic heterocycles. The molecule has 15 rings (SSSR count). The Hall–Kier alpha value is -8.58. The molecular weight excluding hydrogens is 805 g/mol. The van der Waals surface area contributed by atoms with Gasteiger partial charge in [0.1, 0.15) is 0 Å². The summed E-state index contributed by atoms with van der Waals surface area (Å²) in [6.45, 7) is 0. The summed E-state index contributed by atoms with van der Waals surface area (Å²) in [5.41, 5.74) is 17.9. The molecule has 0 nitrogen and oxygen atoms in total. The van der Waals surface area contributed by atoms with Crippen molar-refractivity contribution >= 4 is 64.6 Å². The summed E-state index contributed by atoms with van der Waals surface area (Å²) in [6.07, 6.45) is 0. The molecule has 2 aliphatic carbocycles. The lowest BCUT2D eigenvalue weighted by Crippen LogP contribution is -2.26. The van der Waals surface area contributed by atoms with Crippen molar-refractivity contribution in [1.82, 2.24) is 0 Å². The first kappa shape index (κ1) is 36.7. The SMILES string of the molecule is c1ccc2c(c1)-c1ccccc1C21c2cc3ccccc3cc2-c2ccc3cc(-c4ccc(-c5c6ccccc6c(-c6cc7ccccc7c7ccccc67)c6ccccc56)cc4)ccc3c21. The zero-order valence-corrected chi connectivity index (χ0v) is 36.6. The predicted molar refractivity (Wildman–Crippen MR) is 284 cm³/mol. The number of hydrogen-bond donors (Lipinski definition) is 0. The van der Waals surface area contributed by atoms with E-state index in [-0.39, 0.29) is 0 Å². The molecule has 13 aromatic rings. The van der Waals surface area contributed by atoms with Crippen LogP contribution < -0.4 is 0 Å². The van der Waals surface area contributed by atoms with Crippen molar-refractivity contribution in [2.75, 3.05) is 0 Å². The van der Waals surface area contributed by atoms with E-state index < -0.39 is 5.41 Å². The van der Waals surface area contributed by atoms with Crippen LogP contribution in [-0.2, 0) is 5.41 Å². The molecule has 0 radical (unpaired) electrons. The molecule has 0 heteroatoms. The molecule has 0 saturated heterocycles. The molecule has 308 valence electrons. The van der Waals surface area contributed by atoms with Crippen molar-refractivity contribution in [2.45, 2.75) is 5.41 Å².